The fourth-order valence-corrected chi connectivity index (χ4v) is 9.04. The highest BCUT2D eigenvalue weighted by atomic mass is 32.2. The van der Waals surface area contributed by atoms with Crippen molar-refractivity contribution < 1.29 is 17.9 Å². The Morgan fingerprint density at radius 2 is 1.61 bits per heavy atom. The van der Waals surface area contributed by atoms with Crippen LogP contribution in [0.4, 0.5) is 0 Å². The summed E-state index contributed by atoms with van der Waals surface area (Å²) in [5.41, 5.74) is 0.294. The monoisotopic (exact) mass is 474 g/mol. The Labute approximate surface area is 198 Å². The van der Waals surface area contributed by atoms with Crippen molar-refractivity contribution in [3.63, 3.8) is 0 Å². The van der Waals surface area contributed by atoms with Gasteiger partial charge in [0.25, 0.3) is 0 Å². The third-order valence-corrected chi connectivity index (χ3v) is 10.9. The second-order valence-corrected chi connectivity index (χ2v) is 13.0. The molecule has 4 saturated carbocycles. The van der Waals surface area contributed by atoms with Crippen LogP contribution in [0.2, 0.25) is 0 Å². The Hall–Kier alpha value is -1.60. The van der Waals surface area contributed by atoms with Crippen molar-refractivity contribution in [2.24, 2.45) is 29.1 Å². The van der Waals surface area contributed by atoms with Gasteiger partial charge in [-0.25, -0.2) is 8.42 Å². The summed E-state index contributed by atoms with van der Waals surface area (Å²) < 4.78 is 33.0. The second-order valence-electron chi connectivity index (χ2n) is 11.1. The van der Waals surface area contributed by atoms with Gasteiger partial charge in [0.1, 0.15) is 5.75 Å². The summed E-state index contributed by atoms with van der Waals surface area (Å²) in [5.74, 6) is 3.29. The van der Waals surface area contributed by atoms with Crippen molar-refractivity contribution in [1.82, 2.24) is 9.62 Å². The summed E-state index contributed by atoms with van der Waals surface area (Å²) in [6.07, 6.45) is 9.20. The number of benzene rings is 1. The zero-order valence-corrected chi connectivity index (χ0v) is 20.8. The molecule has 6 nitrogen and oxygen atoms in total. The summed E-state index contributed by atoms with van der Waals surface area (Å²) in [4.78, 5) is 13.4. The van der Waals surface area contributed by atoms with Gasteiger partial charge in [-0.15, -0.1) is 0 Å². The van der Waals surface area contributed by atoms with Gasteiger partial charge in [0.05, 0.1) is 11.5 Å². The summed E-state index contributed by atoms with van der Waals surface area (Å²) in [6.45, 7) is 5.44. The number of ether oxygens (including phenoxy) is 1. The smallest absolute Gasteiger partial charge is 0.243 e. The Kier molecular flexibility index (Phi) is 6.23. The topological polar surface area (TPSA) is 75.7 Å². The van der Waals surface area contributed by atoms with Crippen LogP contribution in [0.1, 0.15) is 65.2 Å². The molecule has 5 fully saturated rings. The summed E-state index contributed by atoms with van der Waals surface area (Å²) in [7, 11) is -3.55. The van der Waals surface area contributed by atoms with E-state index in [1.165, 1.54) is 42.8 Å². The minimum Gasteiger partial charge on any atom is -0.494 e. The number of rotatable bonds is 7. The molecule has 1 aromatic rings. The molecule has 4 aliphatic carbocycles. The van der Waals surface area contributed by atoms with Crippen LogP contribution in [-0.2, 0) is 14.8 Å². The van der Waals surface area contributed by atoms with Crippen molar-refractivity contribution >= 4 is 15.9 Å². The molecule has 1 amide bonds. The normalized spacial score (nSPS) is 33.1. The van der Waals surface area contributed by atoms with Crippen LogP contribution < -0.4 is 10.1 Å². The van der Waals surface area contributed by atoms with Crippen LogP contribution in [-0.4, -0.2) is 44.4 Å². The van der Waals surface area contributed by atoms with Crippen molar-refractivity contribution in [2.75, 3.05) is 19.7 Å². The van der Waals surface area contributed by atoms with Gasteiger partial charge in [-0.3, -0.25) is 4.79 Å². The van der Waals surface area contributed by atoms with Crippen LogP contribution in [0.25, 0.3) is 0 Å². The zero-order chi connectivity index (χ0) is 23.2. The zero-order valence-electron chi connectivity index (χ0n) is 20.0. The van der Waals surface area contributed by atoms with E-state index in [-0.39, 0.29) is 22.8 Å². The van der Waals surface area contributed by atoms with Gasteiger partial charge >= 0.3 is 0 Å². The molecule has 1 aromatic carbocycles. The van der Waals surface area contributed by atoms with Crippen LogP contribution in [0.3, 0.4) is 0 Å². The molecule has 1 atom stereocenters. The lowest BCUT2D eigenvalue weighted by molar-refractivity contribution is -0.130. The molecule has 1 aliphatic heterocycles. The second kappa shape index (κ2) is 8.88. The molecule has 1 heterocycles. The number of piperidine rings is 1. The van der Waals surface area contributed by atoms with Gasteiger partial charge in [-0.2, -0.15) is 4.31 Å². The minimum atomic E-state index is -3.55. The molecule has 4 bridgehead atoms. The third kappa shape index (κ3) is 4.43. The maximum Gasteiger partial charge on any atom is 0.243 e. The van der Waals surface area contributed by atoms with E-state index in [1.54, 1.807) is 24.3 Å². The number of hydrogen-bond donors (Lipinski definition) is 1. The molecular formula is C26H38N2O4S. The molecule has 5 aliphatic rings. The number of carbonyl (C=O) groups is 1. The maximum absolute atomic E-state index is 13.1. The molecule has 1 N–H and O–H groups in total. The molecule has 0 spiro atoms. The van der Waals surface area contributed by atoms with Gasteiger partial charge in [0.15, 0.2) is 0 Å². The van der Waals surface area contributed by atoms with E-state index in [9.17, 15) is 13.2 Å². The lowest BCUT2D eigenvalue weighted by Gasteiger charge is -2.59. The number of hydrogen-bond acceptors (Lipinski definition) is 4. The van der Waals surface area contributed by atoms with E-state index in [4.69, 9.17) is 4.74 Å². The molecule has 6 rings (SSSR count). The van der Waals surface area contributed by atoms with Gasteiger partial charge in [0, 0.05) is 25.0 Å². The first-order valence-corrected chi connectivity index (χ1v) is 14.3. The summed E-state index contributed by atoms with van der Waals surface area (Å²) in [5, 5.41) is 3.39. The van der Waals surface area contributed by atoms with E-state index >= 15 is 0 Å². The first kappa shape index (κ1) is 23.2. The predicted octanol–water partition coefficient (Wildman–Crippen LogP) is 4.21. The minimum absolute atomic E-state index is 0.104. The SMILES string of the molecule is CCOc1ccc(S(=O)(=O)N2CCC(C(=O)NC(C)C34CC5CC(CC(C5)C3)C4)CC2)cc1. The van der Waals surface area contributed by atoms with Crippen LogP contribution in [0.5, 0.6) is 5.75 Å². The highest BCUT2D eigenvalue weighted by molar-refractivity contribution is 7.89. The highest BCUT2D eigenvalue weighted by Gasteiger charge is 2.53. The lowest BCUT2D eigenvalue weighted by atomic mass is 9.48. The third-order valence-electron chi connectivity index (χ3n) is 8.96. The largest absolute Gasteiger partial charge is 0.494 e. The van der Waals surface area contributed by atoms with Crippen molar-refractivity contribution in [3.05, 3.63) is 24.3 Å². The predicted molar refractivity (Wildman–Crippen MR) is 127 cm³/mol. The number of carbonyl (C=O) groups excluding carboxylic acids is 1. The highest BCUT2D eigenvalue weighted by Crippen LogP contribution is 2.61. The first-order valence-electron chi connectivity index (χ1n) is 12.8. The Bertz CT molecular complexity index is 931. The quantitative estimate of drug-likeness (QED) is 0.642. The lowest BCUT2D eigenvalue weighted by Crippen LogP contribution is -2.56. The molecule has 0 radical (unpaired) electrons. The van der Waals surface area contributed by atoms with Gasteiger partial charge in [-0.05, 0) is 113 Å². The summed E-state index contributed by atoms with van der Waals surface area (Å²) in [6, 6.07) is 6.81. The van der Waals surface area contributed by atoms with Gasteiger partial charge < -0.3 is 10.1 Å². The van der Waals surface area contributed by atoms with Crippen LogP contribution in [0.15, 0.2) is 29.2 Å². The Morgan fingerprint density at radius 1 is 1.06 bits per heavy atom. The maximum atomic E-state index is 13.1. The van der Waals surface area contributed by atoms with Crippen molar-refractivity contribution in [2.45, 2.75) is 76.2 Å². The van der Waals surface area contributed by atoms with Gasteiger partial charge in [0.2, 0.25) is 15.9 Å². The molecule has 182 valence electrons. The van der Waals surface area contributed by atoms with Crippen LogP contribution >= 0.6 is 0 Å². The molecule has 1 saturated heterocycles. The Morgan fingerprint density at radius 3 is 2.12 bits per heavy atom. The summed E-state index contributed by atoms with van der Waals surface area (Å²) >= 11 is 0. The number of nitrogens with zero attached hydrogens (tertiary/aromatic N) is 1. The molecule has 0 aromatic heterocycles. The van der Waals surface area contributed by atoms with E-state index in [1.807, 2.05) is 6.92 Å². The van der Waals surface area contributed by atoms with E-state index in [2.05, 4.69) is 12.2 Å². The number of amides is 1. The Balaban J connectivity index is 1.17. The van der Waals surface area contributed by atoms with Crippen LogP contribution in [0, 0.1) is 29.1 Å². The standard InChI is InChI=1S/C26H38N2O4S/c1-3-32-23-4-6-24(7-5-23)33(30,31)28-10-8-22(9-11-28)25(29)27-18(2)26-15-19-12-20(16-26)14-21(13-19)17-26/h4-7,18-22H,3,8-17H2,1-2H3,(H,27,29). The van der Waals surface area contributed by atoms with Crippen molar-refractivity contribution in [3.8, 4) is 5.75 Å². The fraction of sp³-hybridized carbons (Fsp3) is 0.731. The fourth-order valence-electron chi connectivity index (χ4n) is 7.57. The number of sulfonamides is 1. The van der Waals surface area contributed by atoms with E-state index < -0.39 is 10.0 Å². The number of nitrogens with one attached hydrogen (secondary N) is 1. The first-order chi connectivity index (χ1) is 15.8. The molecule has 33 heavy (non-hydrogen) atoms. The molecule has 7 heteroatoms. The van der Waals surface area contributed by atoms with Gasteiger partial charge in [-0.1, -0.05) is 0 Å². The molecule has 1 unspecified atom stereocenters. The van der Waals surface area contributed by atoms with Crippen molar-refractivity contribution in [1.29, 1.82) is 0 Å². The van der Waals surface area contributed by atoms with E-state index in [0.29, 0.717) is 43.7 Å². The average Bonchev–Trinajstić information content (AvgIpc) is 2.79. The van der Waals surface area contributed by atoms with E-state index in [0.717, 1.165) is 17.8 Å². The average molecular weight is 475 g/mol. The molecular weight excluding hydrogens is 436 g/mol.